The van der Waals surface area contributed by atoms with Gasteiger partial charge in [0, 0.05) is 5.56 Å². The Bertz CT molecular complexity index is 631. The normalized spacial score (nSPS) is 20.4. The Kier molecular flexibility index (Phi) is 4.86. The molecule has 1 aromatic rings. The zero-order valence-electron chi connectivity index (χ0n) is 13.1. The molecule has 1 fully saturated rings. The molecule has 0 aromatic heterocycles. The van der Waals surface area contributed by atoms with Crippen LogP contribution in [0, 0.1) is 5.82 Å². The van der Waals surface area contributed by atoms with Gasteiger partial charge in [-0.05, 0) is 45.9 Å². The lowest BCUT2D eigenvalue weighted by molar-refractivity contribution is 0.00578. The molecule has 0 unspecified atom stereocenters. The molecule has 0 N–H and O–H groups in total. The molecule has 0 radical (unpaired) electrons. The van der Waals surface area contributed by atoms with Crippen molar-refractivity contribution in [2.24, 2.45) is 0 Å². The van der Waals surface area contributed by atoms with Crippen molar-refractivity contribution < 1.29 is 26.9 Å². The van der Waals surface area contributed by atoms with Gasteiger partial charge in [0.15, 0.2) is 0 Å². The van der Waals surface area contributed by atoms with Crippen molar-refractivity contribution in [1.82, 2.24) is 0 Å². The van der Waals surface area contributed by atoms with Crippen LogP contribution < -0.4 is 0 Å². The van der Waals surface area contributed by atoms with Gasteiger partial charge in [0.2, 0.25) is 0 Å². The number of rotatable bonds is 3. The van der Waals surface area contributed by atoms with E-state index in [9.17, 15) is 17.6 Å². The zero-order valence-corrected chi connectivity index (χ0v) is 13.8. The van der Waals surface area contributed by atoms with Crippen LogP contribution >= 0.6 is 11.6 Å². The fourth-order valence-corrected chi connectivity index (χ4v) is 2.25. The summed E-state index contributed by atoms with van der Waals surface area (Å²) in [5.41, 5.74) is -3.82. The van der Waals surface area contributed by atoms with E-state index in [4.69, 9.17) is 20.9 Å². The monoisotopic (exact) mass is 350 g/mol. The van der Waals surface area contributed by atoms with Gasteiger partial charge >= 0.3 is 7.12 Å². The van der Waals surface area contributed by atoms with Gasteiger partial charge in [-0.25, -0.2) is 17.6 Å². The Morgan fingerprint density at radius 1 is 1.17 bits per heavy atom. The summed E-state index contributed by atoms with van der Waals surface area (Å²) in [4.78, 5) is 0. The van der Waals surface area contributed by atoms with Crippen LogP contribution in [-0.2, 0) is 9.31 Å². The first-order chi connectivity index (χ1) is 10.5. The fraction of sp³-hybridized carbons (Fsp3) is 0.467. The van der Waals surface area contributed by atoms with Crippen molar-refractivity contribution in [1.29, 1.82) is 0 Å². The van der Waals surface area contributed by atoms with Crippen molar-refractivity contribution in [2.75, 3.05) is 0 Å². The van der Waals surface area contributed by atoms with Crippen molar-refractivity contribution in [3.05, 3.63) is 39.8 Å². The Balaban J connectivity index is 2.38. The topological polar surface area (TPSA) is 18.5 Å². The molecule has 126 valence electrons. The lowest BCUT2D eigenvalue weighted by Gasteiger charge is -2.32. The maximum Gasteiger partial charge on any atom is 0.525 e. The zero-order chi connectivity index (χ0) is 17.6. The van der Waals surface area contributed by atoms with Gasteiger partial charge in [0.05, 0.1) is 21.8 Å². The van der Waals surface area contributed by atoms with E-state index in [0.717, 1.165) is 18.2 Å². The van der Waals surface area contributed by atoms with Crippen molar-refractivity contribution in [3.8, 4) is 0 Å². The Morgan fingerprint density at radius 2 is 1.70 bits per heavy atom. The van der Waals surface area contributed by atoms with Gasteiger partial charge in [-0.15, -0.1) is 0 Å². The van der Waals surface area contributed by atoms with E-state index in [2.05, 4.69) is 0 Å². The minimum atomic E-state index is -3.03. The van der Waals surface area contributed by atoms with Gasteiger partial charge in [-0.1, -0.05) is 11.6 Å². The van der Waals surface area contributed by atoms with E-state index in [1.807, 2.05) is 0 Å². The third-order valence-corrected chi connectivity index (χ3v) is 4.48. The molecule has 1 saturated heterocycles. The Labute approximate surface area is 137 Å². The number of halogens is 5. The molecule has 8 heteroatoms. The molecule has 0 bridgehead atoms. The summed E-state index contributed by atoms with van der Waals surface area (Å²) in [5, 5.41) is -0.182. The highest BCUT2D eigenvalue weighted by Gasteiger charge is 2.53. The predicted octanol–water partition coefficient (Wildman–Crippen LogP) is 5.36. The first kappa shape index (κ1) is 18.3. The molecule has 0 atom stereocenters. The lowest BCUT2D eigenvalue weighted by Crippen LogP contribution is -2.41. The molecule has 2 rings (SSSR count). The maximum atomic E-state index is 14.4. The molecule has 1 aliphatic heterocycles. The van der Waals surface area contributed by atoms with Crippen molar-refractivity contribution in [2.45, 2.75) is 45.3 Å². The van der Waals surface area contributed by atoms with Crippen LogP contribution in [0.15, 0.2) is 17.9 Å². The molecule has 0 saturated carbocycles. The highest BCUT2D eigenvalue weighted by molar-refractivity contribution is 6.54. The van der Waals surface area contributed by atoms with E-state index in [-0.39, 0.29) is 5.02 Å². The van der Waals surface area contributed by atoms with Crippen LogP contribution in [0.2, 0.25) is 5.02 Å². The van der Waals surface area contributed by atoms with Crippen LogP contribution in [0.25, 0.3) is 6.08 Å². The van der Waals surface area contributed by atoms with E-state index < -0.39 is 47.4 Å². The average Bonchev–Trinajstić information content (AvgIpc) is 2.62. The van der Waals surface area contributed by atoms with Crippen molar-refractivity contribution in [3.63, 3.8) is 0 Å². The second-order valence-corrected chi connectivity index (χ2v) is 6.69. The largest absolute Gasteiger partial charge is 0.525 e. The summed E-state index contributed by atoms with van der Waals surface area (Å²) in [6.07, 6.45) is -2.30. The second kappa shape index (κ2) is 6.11. The predicted molar refractivity (Wildman–Crippen MR) is 81.5 cm³/mol. The van der Waals surface area contributed by atoms with Crippen LogP contribution in [0.4, 0.5) is 17.6 Å². The van der Waals surface area contributed by atoms with Gasteiger partial charge in [0.1, 0.15) is 11.5 Å². The smallest absolute Gasteiger partial charge is 0.398 e. The van der Waals surface area contributed by atoms with Gasteiger partial charge in [-0.2, -0.15) is 0 Å². The number of hydrogen-bond donors (Lipinski definition) is 0. The van der Waals surface area contributed by atoms with E-state index in [1.54, 1.807) is 27.7 Å². The molecule has 2 nitrogen and oxygen atoms in total. The van der Waals surface area contributed by atoms with Crippen LogP contribution in [-0.4, -0.2) is 18.3 Å². The SMILES string of the molecule is CC1(C)OB(C(F)=Cc2c(Cl)ccc(C(F)F)c2F)OC1(C)C. The minimum absolute atomic E-state index is 0.182. The third kappa shape index (κ3) is 3.41. The number of alkyl halides is 2. The quantitative estimate of drug-likeness (QED) is 0.540. The molecule has 23 heavy (non-hydrogen) atoms. The van der Waals surface area contributed by atoms with Gasteiger partial charge in [0.25, 0.3) is 6.43 Å². The van der Waals surface area contributed by atoms with Crippen LogP contribution in [0.3, 0.4) is 0 Å². The molecule has 1 aliphatic rings. The van der Waals surface area contributed by atoms with E-state index in [1.165, 1.54) is 0 Å². The molecule has 0 aliphatic carbocycles. The van der Waals surface area contributed by atoms with Crippen LogP contribution in [0.5, 0.6) is 0 Å². The second-order valence-electron chi connectivity index (χ2n) is 6.28. The summed E-state index contributed by atoms with van der Waals surface area (Å²) in [5.74, 6) is -1.26. The molecule has 1 heterocycles. The first-order valence-electron chi connectivity index (χ1n) is 6.95. The highest BCUT2D eigenvalue weighted by atomic mass is 35.5. The summed E-state index contributed by atoms with van der Waals surface area (Å²) in [6, 6.07) is 1.96. The third-order valence-electron chi connectivity index (χ3n) is 4.15. The highest BCUT2D eigenvalue weighted by Crippen LogP contribution is 2.39. The van der Waals surface area contributed by atoms with Crippen LogP contribution in [0.1, 0.15) is 45.2 Å². The molecule has 0 spiro atoms. The standard InChI is InChI=1S/C15H16BClF4O2/c1-14(2)15(3,4)23-16(22-14)11(18)7-9-10(17)6-5-8(12(9)19)13(20)21/h5-7,13H,1-4H3. The minimum Gasteiger partial charge on any atom is -0.398 e. The van der Waals surface area contributed by atoms with Gasteiger partial charge in [-0.3, -0.25) is 0 Å². The summed E-state index contributed by atoms with van der Waals surface area (Å²) < 4.78 is 64.9. The molecule has 0 amide bonds. The lowest BCUT2D eigenvalue weighted by atomic mass is 9.86. The maximum absolute atomic E-state index is 14.4. The molecular formula is C15H16BClF4O2. The van der Waals surface area contributed by atoms with E-state index >= 15 is 0 Å². The summed E-state index contributed by atoms with van der Waals surface area (Å²) >= 11 is 5.79. The van der Waals surface area contributed by atoms with E-state index in [0.29, 0.717) is 0 Å². The summed E-state index contributed by atoms with van der Waals surface area (Å²) in [6.45, 7) is 6.91. The first-order valence-corrected chi connectivity index (χ1v) is 7.33. The molecule has 1 aromatic carbocycles. The molecular weight excluding hydrogens is 334 g/mol. The Morgan fingerprint density at radius 3 is 2.17 bits per heavy atom. The Hall–Kier alpha value is -1.05. The van der Waals surface area contributed by atoms with Gasteiger partial charge < -0.3 is 9.31 Å². The number of benzene rings is 1. The number of hydrogen-bond acceptors (Lipinski definition) is 2. The summed E-state index contributed by atoms with van der Waals surface area (Å²) in [7, 11) is -1.36. The fourth-order valence-electron chi connectivity index (χ4n) is 2.05. The average molecular weight is 351 g/mol. The van der Waals surface area contributed by atoms with Crippen molar-refractivity contribution >= 4 is 24.8 Å².